The summed E-state index contributed by atoms with van der Waals surface area (Å²) in [5.74, 6) is 0.573. The highest BCUT2D eigenvalue weighted by atomic mass is 32.2. The summed E-state index contributed by atoms with van der Waals surface area (Å²) in [6, 6.07) is 14.1. The predicted molar refractivity (Wildman–Crippen MR) is 110 cm³/mol. The fourth-order valence-corrected chi connectivity index (χ4v) is 5.35. The van der Waals surface area contributed by atoms with E-state index >= 15 is 0 Å². The van der Waals surface area contributed by atoms with Crippen LogP contribution in [0, 0.1) is 6.92 Å². The van der Waals surface area contributed by atoms with Crippen molar-refractivity contribution in [3.05, 3.63) is 54.1 Å². The fraction of sp³-hybridized carbons (Fsp3) is 0.368. The highest BCUT2D eigenvalue weighted by molar-refractivity contribution is 7.92. The van der Waals surface area contributed by atoms with Gasteiger partial charge in [-0.15, -0.1) is 0 Å². The van der Waals surface area contributed by atoms with Crippen molar-refractivity contribution in [2.24, 2.45) is 0 Å². The first kappa shape index (κ1) is 22.4. The molecule has 2 rings (SSSR count). The van der Waals surface area contributed by atoms with E-state index in [0.717, 1.165) is 5.56 Å². The van der Waals surface area contributed by atoms with Crippen molar-refractivity contribution < 1.29 is 26.4 Å². The maximum atomic E-state index is 12.5. The van der Waals surface area contributed by atoms with Crippen LogP contribution in [0.2, 0.25) is 6.04 Å². The van der Waals surface area contributed by atoms with Crippen LogP contribution in [0.1, 0.15) is 12.0 Å². The van der Waals surface area contributed by atoms with Crippen molar-refractivity contribution in [1.82, 2.24) is 0 Å². The molecule has 0 heterocycles. The third-order valence-corrected chi connectivity index (χ3v) is 8.48. The average molecular weight is 426 g/mol. The number of ether oxygens (including phenoxy) is 1. The van der Waals surface area contributed by atoms with Gasteiger partial charge >= 0.3 is 8.80 Å². The smallest absolute Gasteiger partial charge is 0.494 e. The first-order chi connectivity index (χ1) is 13.3. The second-order valence-corrected chi connectivity index (χ2v) is 11.0. The quantitative estimate of drug-likeness (QED) is 0.439. The minimum absolute atomic E-state index is 0.212. The standard InChI is InChI=1S/C19H27NO6SSi/c1-16-9-11-19(12-10-16)27(21,22)20-17-7-5-8-18(15-17)26-13-6-14-28(23-2,24-3)25-4/h5,7-12,15,20H,6,13-14H2,1-4H3. The van der Waals surface area contributed by atoms with E-state index in [1.807, 2.05) is 6.92 Å². The van der Waals surface area contributed by atoms with Gasteiger partial charge in [-0.1, -0.05) is 23.8 Å². The normalized spacial score (nSPS) is 12.0. The van der Waals surface area contributed by atoms with E-state index in [0.29, 0.717) is 30.5 Å². The predicted octanol–water partition coefficient (Wildman–Crippen LogP) is 3.44. The van der Waals surface area contributed by atoms with Gasteiger partial charge < -0.3 is 18.0 Å². The van der Waals surface area contributed by atoms with Gasteiger partial charge in [0.05, 0.1) is 17.2 Å². The number of aryl methyl sites for hydroxylation is 1. The first-order valence-electron chi connectivity index (χ1n) is 8.82. The average Bonchev–Trinajstić information content (AvgIpc) is 2.69. The van der Waals surface area contributed by atoms with Crippen LogP contribution in [0.5, 0.6) is 5.75 Å². The van der Waals surface area contributed by atoms with Crippen LogP contribution in [0.25, 0.3) is 0 Å². The molecule has 0 saturated carbocycles. The van der Waals surface area contributed by atoms with Gasteiger partial charge in [-0.25, -0.2) is 8.42 Å². The van der Waals surface area contributed by atoms with Gasteiger partial charge in [-0.05, 0) is 37.6 Å². The third-order valence-electron chi connectivity index (χ3n) is 4.25. The fourth-order valence-electron chi connectivity index (χ4n) is 2.62. The largest absolute Gasteiger partial charge is 0.500 e. The molecule has 0 saturated heterocycles. The molecule has 0 amide bonds. The summed E-state index contributed by atoms with van der Waals surface area (Å²) in [5, 5.41) is 0. The summed E-state index contributed by atoms with van der Waals surface area (Å²) < 4.78 is 49.4. The lowest BCUT2D eigenvalue weighted by Gasteiger charge is -2.24. The van der Waals surface area contributed by atoms with E-state index in [1.165, 1.54) is 0 Å². The van der Waals surface area contributed by atoms with E-state index in [4.69, 9.17) is 18.0 Å². The molecular formula is C19H27NO6SSi. The zero-order valence-corrected chi connectivity index (χ0v) is 18.4. The summed E-state index contributed by atoms with van der Waals surface area (Å²) in [5.41, 5.74) is 1.43. The molecule has 0 aromatic heterocycles. The highest BCUT2D eigenvalue weighted by Crippen LogP contribution is 2.22. The number of anilines is 1. The molecule has 0 fully saturated rings. The molecule has 0 atom stereocenters. The number of rotatable bonds is 11. The number of hydrogen-bond acceptors (Lipinski definition) is 6. The Kier molecular flexibility index (Phi) is 8.02. The third kappa shape index (κ3) is 6.04. The van der Waals surface area contributed by atoms with E-state index in [-0.39, 0.29) is 4.90 Å². The van der Waals surface area contributed by atoms with E-state index in [2.05, 4.69) is 4.72 Å². The molecule has 154 valence electrons. The Morgan fingerprint density at radius 3 is 2.21 bits per heavy atom. The zero-order valence-electron chi connectivity index (χ0n) is 16.6. The molecule has 0 unspecified atom stereocenters. The van der Waals surface area contributed by atoms with Crippen molar-refractivity contribution in [3.8, 4) is 5.75 Å². The van der Waals surface area contributed by atoms with E-state index in [1.54, 1.807) is 69.9 Å². The lowest BCUT2D eigenvalue weighted by molar-refractivity contribution is 0.121. The molecule has 0 aliphatic rings. The van der Waals surface area contributed by atoms with Gasteiger partial charge in [-0.2, -0.15) is 0 Å². The van der Waals surface area contributed by atoms with Crippen molar-refractivity contribution >= 4 is 24.5 Å². The number of sulfonamides is 1. The van der Waals surface area contributed by atoms with Gasteiger partial charge in [0.2, 0.25) is 0 Å². The van der Waals surface area contributed by atoms with E-state index < -0.39 is 18.8 Å². The van der Waals surface area contributed by atoms with Crippen LogP contribution in [-0.2, 0) is 23.3 Å². The minimum Gasteiger partial charge on any atom is -0.494 e. The lowest BCUT2D eigenvalue weighted by Crippen LogP contribution is -2.42. The highest BCUT2D eigenvalue weighted by Gasteiger charge is 2.36. The SMILES string of the molecule is CO[Si](CCCOc1cccc(NS(=O)(=O)c2ccc(C)cc2)c1)(OC)OC. The maximum Gasteiger partial charge on any atom is 0.500 e. The molecule has 0 aliphatic heterocycles. The zero-order chi connectivity index (χ0) is 20.6. The molecule has 1 N–H and O–H groups in total. The van der Waals surface area contributed by atoms with Gasteiger partial charge in [0.15, 0.2) is 0 Å². The van der Waals surface area contributed by atoms with Gasteiger partial charge in [0.1, 0.15) is 5.75 Å². The summed E-state index contributed by atoms with van der Waals surface area (Å²) in [4.78, 5) is 0.212. The molecule has 0 aliphatic carbocycles. The molecule has 28 heavy (non-hydrogen) atoms. The number of hydrogen-bond donors (Lipinski definition) is 1. The first-order valence-corrected chi connectivity index (χ1v) is 12.2. The Balaban J connectivity index is 1.96. The van der Waals surface area contributed by atoms with Crippen LogP contribution in [0.3, 0.4) is 0 Å². The van der Waals surface area contributed by atoms with E-state index in [9.17, 15) is 8.42 Å². The van der Waals surface area contributed by atoms with Crippen molar-refractivity contribution in [2.45, 2.75) is 24.3 Å². The van der Waals surface area contributed by atoms with Crippen LogP contribution in [0.15, 0.2) is 53.4 Å². The minimum atomic E-state index is -3.65. The summed E-state index contributed by atoms with van der Waals surface area (Å²) >= 11 is 0. The summed E-state index contributed by atoms with van der Waals surface area (Å²) in [6.07, 6.45) is 0.682. The van der Waals surface area contributed by atoms with Crippen LogP contribution in [-0.4, -0.2) is 45.2 Å². The monoisotopic (exact) mass is 425 g/mol. The maximum absolute atomic E-state index is 12.5. The van der Waals surface area contributed by atoms with Crippen molar-refractivity contribution in [2.75, 3.05) is 32.7 Å². The molecule has 2 aromatic rings. The topological polar surface area (TPSA) is 83.1 Å². The Bertz CT molecular complexity index is 845. The second-order valence-electron chi connectivity index (χ2n) is 6.19. The Labute approximate surface area is 168 Å². The number of benzene rings is 2. The van der Waals surface area contributed by atoms with Gasteiger partial charge in [0, 0.05) is 33.4 Å². The molecule has 7 nitrogen and oxygen atoms in total. The molecule has 0 spiro atoms. The Morgan fingerprint density at radius 1 is 0.964 bits per heavy atom. The van der Waals surface area contributed by atoms with Crippen LogP contribution in [0.4, 0.5) is 5.69 Å². The van der Waals surface area contributed by atoms with Gasteiger partial charge in [-0.3, -0.25) is 4.72 Å². The molecular weight excluding hydrogens is 398 g/mol. The van der Waals surface area contributed by atoms with Crippen molar-refractivity contribution in [3.63, 3.8) is 0 Å². The Hall–Kier alpha value is -1.91. The van der Waals surface area contributed by atoms with Crippen LogP contribution >= 0.6 is 0 Å². The van der Waals surface area contributed by atoms with Crippen LogP contribution < -0.4 is 9.46 Å². The van der Waals surface area contributed by atoms with Crippen molar-refractivity contribution in [1.29, 1.82) is 0 Å². The summed E-state index contributed by atoms with van der Waals surface area (Å²) in [6.45, 7) is 2.34. The Morgan fingerprint density at radius 2 is 1.61 bits per heavy atom. The second kappa shape index (κ2) is 10.0. The number of nitrogens with one attached hydrogen (secondary N) is 1. The molecule has 0 radical (unpaired) electrons. The lowest BCUT2D eigenvalue weighted by atomic mass is 10.2. The van der Waals surface area contributed by atoms with Gasteiger partial charge in [0.25, 0.3) is 10.0 Å². The molecule has 9 heteroatoms. The summed E-state index contributed by atoms with van der Waals surface area (Å²) in [7, 11) is -1.54. The molecule has 2 aromatic carbocycles. The molecule has 0 bridgehead atoms.